The number of fused-ring (bicyclic) bond motifs is 1. The maximum Gasteiger partial charge on any atom is 0.142 e. The van der Waals surface area contributed by atoms with Crippen molar-refractivity contribution in [3.63, 3.8) is 0 Å². The summed E-state index contributed by atoms with van der Waals surface area (Å²) in [6.07, 6.45) is 0. The first-order valence-electron chi connectivity index (χ1n) is 6.34. The lowest BCUT2D eigenvalue weighted by atomic mass is 9.98. The quantitative estimate of drug-likeness (QED) is 0.392. The van der Waals surface area contributed by atoms with Crippen molar-refractivity contribution in [3.05, 3.63) is 80.5 Å². The summed E-state index contributed by atoms with van der Waals surface area (Å²) in [5.41, 5.74) is 1.37. The zero-order valence-corrected chi connectivity index (χ0v) is 14.7. The molecule has 0 amide bonds. The van der Waals surface area contributed by atoms with E-state index in [1.54, 1.807) is 18.2 Å². The first-order valence-corrected chi connectivity index (χ1v) is 8.37. The molecule has 0 radical (unpaired) electrons. The van der Waals surface area contributed by atoms with Crippen LogP contribution in [0.3, 0.4) is 0 Å². The molecular weight excluding hydrogens is 418 g/mol. The fourth-order valence-corrected chi connectivity index (χ4v) is 3.61. The third-order valence-corrected chi connectivity index (χ3v) is 5.21. The van der Waals surface area contributed by atoms with E-state index in [1.807, 2.05) is 36.4 Å². The molecule has 3 aromatic rings. The van der Waals surface area contributed by atoms with Gasteiger partial charge in [0.05, 0.1) is 9.85 Å². The van der Waals surface area contributed by atoms with Crippen LogP contribution in [-0.2, 0) is 0 Å². The highest BCUT2D eigenvalue weighted by atomic mass is 79.9. The second-order valence-corrected chi connectivity index (χ2v) is 6.83. The van der Waals surface area contributed by atoms with Crippen LogP contribution in [0.2, 0.25) is 0 Å². The summed E-state index contributed by atoms with van der Waals surface area (Å²) in [6, 6.07) is 17.0. The lowest BCUT2D eigenvalue weighted by Crippen LogP contribution is -1.99. The van der Waals surface area contributed by atoms with Gasteiger partial charge in [0, 0.05) is 10.0 Å². The Morgan fingerprint density at radius 1 is 0.762 bits per heavy atom. The van der Waals surface area contributed by atoms with E-state index in [0.29, 0.717) is 10.0 Å². The Kier molecular flexibility index (Phi) is 4.34. The highest BCUT2D eigenvalue weighted by molar-refractivity contribution is 9.11. The number of alkyl halides is 1. The molecule has 3 aromatic carbocycles. The molecular formula is C17H10Br2ClF. The van der Waals surface area contributed by atoms with Crippen molar-refractivity contribution in [1.29, 1.82) is 0 Å². The number of hydrogen-bond acceptors (Lipinski definition) is 0. The number of hydrogen-bond donors (Lipinski definition) is 0. The average Bonchev–Trinajstić information content (AvgIpc) is 2.50. The maximum atomic E-state index is 14.3. The van der Waals surface area contributed by atoms with E-state index in [4.69, 9.17) is 11.6 Å². The van der Waals surface area contributed by atoms with E-state index in [1.165, 1.54) is 0 Å². The molecule has 0 aliphatic heterocycles. The molecule has 0 nitrogen and oxygen atoms in total. The van der Waals surface area contributed by atoms with E-state index in [-0.39, 0.29) is 5.82 Å². The van der Waals surface area contributed by atoms with Gasteiger partial charge in [-0.1, -0.05) is 58.4 Å². The minimum Gasteiger partial charge on any atom is -0.205 e. The van der Waals surface area contributed by atoms with Crippen LogP contribution in [0, 0.1) is 5.82 Å². The van der Waals surface area contributed by atoms with Crippen LogP contribution >= 0.6 is 43.5 Å². The van der Waals surface area contributed by atoms with Gasteiger partial charge < -0.3 is 0 Å². The SMILES string of the molecule is Fc1c(Br)cccc1C(Cl)c1ccc(Br)c2ccccc12. The Morgan fingerprint density at radius 2 is 1.48 bits per heavy atom. The summed E-state index contributed by atoms with van der Waals surface area (Å²) < 4.78 is 15.7. The molecule has 0 saturated carbocycles. The van der Waals surface area contributed by atoms with Gasteiger partial charge in [-0.2, -0.15) is 0 Å². The predicted octanol–water partition coefficient (Wildman–Crippen LogP) is 6.83. The van der Waals surface area contributed by atoms with Crippen LogP contribution in [0.1, 0.15) is 16.5 Å². The van der Waals surface area contributed by atoms with E-state index >= 15 is 0 Å². The van der Waals surface area contributed by atoms with Crippen LogP contribution in [0.4, 0.5) is 4.39 Å². The monoisotopic (exact) mass is 426 g/mol. The second-order valence-electron chi connectivity index (χ2n) is 4.69. The molecule has 1 unspecified atom stereocenters. The van der Waals surface area contributed by atoms with Crippen molar-refractivity contribution < 1.29 is 4.39 Å². The largest absolute Gasteiger partial charge is 0.205 e. The average molecular weight is 429 g/mol. The summed E-state index contributed by atoms with van der Waals surface area (Å²) in [5.74, 6) is -0.315. The molecule has 3 rings (SSSR count). The zero-order chi connectivity index (χ0) is 15.0. The maximum absolute atomic E-state index is 14.3. The van der Waals surface area contributed by atoms with Crippen LogP contribution in [0.5, 0.6) is 0 Å². The van der Waals surface area contributed by atoms with Crippen molar-refractivity contribution in [2.75, 3.05) is 0 Å². The Bertz CT molecular complexity index is 817. The summed E-state index contributed by atoms with van der Waals surface area (Å²) in [7, 11) is 0. The summed E-state index contributed by atoms with van der Waals surface area (Å²) in [4.78, 5) is 0. The molecule has 0 N–H and O–H groups in total. The van der Waals surface area contributed by atoms with E-state index in [9.17, 15) is 4.39 Å². The molecule has 0 saturated heterocycles. The first kappa shape index (κ1) is 15.0. The molecule has 0 fully saturated rings. The van der Waals surface area contributed by atoms with Crippen LogP contribution in [0.15, 0.2) is 63.5 Å². The van der Waals surface area contributed by atoms with Gasteiger partial charge in [0.25, 0.3) is 0 Å². The minimum atomic E-state index is -0.541. The molecule has 21 heavy (non-hydrogen) atoms. The van der Waals surface area contributed by atoms with E-state index in [2.05, 4.69) is 31.9 Å². The van der Waals surface area contributed by atoms with Crippen LogP contribution < -0.4 is 0 Å². The molecule has 0 heterocycles. The number of benzene rings is 3. The Morgan fingerprint density at radius 3 is 2.24 bits per heavy atom. The van der Waals surface area contributed by atoms with Crippen molar-refractivity contribution in [1.82, 2.24) is 0 Å². The zero-order valence-electron chi connectivity index (χ0n) is 10.8. The topological polar surface area (TPSA) is 0 Å². The Hall–Kier alpha value is -0.900. The molecule has 1 atom stereocenters. The van der Waals surface area contributed by atoms with Crippen LogP contribution in [0.25, 0.3) is 10.8 Å². The van der Waals surface area contributed by atoms with E-state index in [0.717, 1.165) is 20.8 Å². The van der Waals surface area contributed by atoms with Gasteiger partial charge in [0.2, 0.25) is 0 Å². The standard InChI is InChI=1S/C17H10Br2ClF/c18-14-9-8-12(10-4-1-2-5-11(10)14)16(20)13-6-3-7-15(19)17(13)21/h1-9,16H. The third kappa shape index (κ3) is 2.75. The molecule has 0 aromatic heterocycles. The van der Waals surface area contributed by atoms with E-state index < -0.39 is 5.38 Å². The predicted molar refractivity (Wildman–Crippen MR) is 93.4 cm³/mol. The van der Waals surface area contributed by atoms with Crippen LogP contribution in [-0.4, -0.2) is 0 Å². The fourth-order valence-electron chi connectivity index (χ4n) is 2.39. The van der Waals surface area contributed by atoms with Crippen molar-refractivity contribution in [2.45, 2.75) is 5.38 Å². The molecule has 106 valence electrons. The molecule has 0 aliphatic carbocycles. The van der Waals surface area contributed by atoms with Crippen molar-refractivity contribution in [3.8, 4) is 0 Å². The van der Waals surface area contributed by atoms with Gasteiger partial charge in [-0.3, -0.25) is 0 Å². The number of halogens is 4. The minimum absolute atomic E-state index is 0.315. The summed E-state index contributed by atoms with van der Waals surface area (Å²) in [5, 5.41) is 1.54. The normalized spacial score (nSPS) is 12.6. The molecule has 4 heteroatoms. The molecule has 0 aliphatic rings. The number of rotatable bonds is 2. The summed E-state index contributed by atoms with van der Waals surface area (Å²) >= 11 is 13.3. The van der Waals surface area contributed by atoms with Gasteiger partial charge in [-0.05, 0) is 44.4 Å². The summed E-state index contributed by atoms with van der Waals surface area (Å²) in [6.45, 7) is 0. The first-order chi connectivity index (χ1) is 10.1. The highest BCUT2D eigenvalue weighted by Gasteiger charge is 2.19. The lowest BCUT2D eigenvalue weighted by molar-refractivity contribution is 0.606. The van der Waals surface area contributed by atoms with Crippen molar-refractivity contribution in [2.24, 2.45) is 0 Å². The van der Waals surface area contributed by atoms with Crippen molar-refractivity contribution >= 4 is 54.2 Å². The lowest BCUT2D eigenvalue weighted by Gasteiger charge is -2.15. The van der Waals surface area contributed by atoms with Gasteiger partial charge in [-0.25, -0.2) is 4.39 Å². The highest BCUT2D eigenvalue weighted by Crippen LogP contribution is 2.38. The molecule has 0 spiro atoms. The molecule has 0 bridgehead atoms. The van der Waals surface area contributed by atoms with Gasteiger partial charge in [0.1, 0.15) is 5.82 Å². The van der Waals surface area contributed by atoms with Gasteiger partial charge in [-0.15, -0.1) is 11.6 Å². The van der Waals surface area contributed by atoms with Gasteiger partial charge >= 0.3 is 0 Å². The Balaban J connectivity index is 2.21. The smallest absolute Gasteiger partial charge is 0.142 e. The third-order valence-electron chi connectivity index (χ3n) is 3.43. The fraction of sp³-hybridized carbons (Fsp3) is 0.0588. The second kappa shape index (κ2) is 6.07. The Labute approximate surface area is 144 Å². The van der Waals surface area contributed by atoms with Gasteiger partial charge in [0.15, 0.2) is 0 Å².